The molecule has 0 bridgehead atoms. The molecule has 1 aliphatic rings. The topological polar surface area (TPSA) is 66.8 Å². The van der Waals surface area contributed by atoms with E-state index in [0.717, 1.165) is 37.2 Å². The van der Waals surface area contributed by atoms with E-state index in [9.17, 15) is 9.59 Å². The third-order valence-electron chi connectivity index (χ3n) is 3.96. The van der Waals surface area contributed by atoms with Gasteiger partial charge in [-0.05, 0) is 37.0 Å². The zero-order chi connectivity index (χ0) is 15.2. The molecular weight excluding hydrogens is 270 g/mol. The number of carbonyl (C=O) groups excluding carboxylic acids is 1. The normalized spacial score (nSPS) is 15.8. The molecular formula is C16H21NO4. The maximum absolute atomic E-state index is 11.5. The van der Waals surface area contributed by atoms with Crippen LogP contribution in [0, 0.1) is 5.92 Å². The Labute approximate surface area is 124 Å². The maximum atomic E-state index is 11.5. The van der Waals surface area contributed by atoms with E-state index >= 15 is 0 Å². The van der Waals surface area contributed by atoms with Crippen LogP contribution in [0.2, 0.25) is 0 Å². The smallest absolute Gasteiger partial charge is 0.308 e. The molecule has 1 heterocycles. The summed E-state index contributed by atoms with van der Waals surface area (Å²) in [5.74, 6) is -0.872. The second-order valence-electron chi connectivity index (χ2n) is 5.34. The van der Waals surface area contributed by atoms with Gasteiger partial charge in [0.1, 0.15) is 0 Å². The Balaban J connectivity index is 1.89. The number of aryl methyl sites for hydroxylation is 1. The molecule has 1 aliphatic heterocycles. The lowest BCUT2D eigenvalue weighted by atomic mass is 9.96. The van der Waals surface area contributed by atoms with Crippen molar-refractivity contribution in [2.45, 2.75) is 25.7 Å². The van der Waals surface area contributed by atoms with Gasteiger partial charge >= 0.3 is 11.9 Å². The highest BCUT2D eigenvalue weighted by molar-refractivity contribution is 5.72. The van der Waals surface area contributed by atoms with Gasteiger partial charge in [0.2, 0.25) is 0 Å². The van der Waals surface area contributed by atoms with E-state index in [1.807, 2.05) is 24.3 Å². The van der Waals surface area contributed by atoms with Crippen LogP contribution in [0.1, 0.15) is 24.8 Å². The van der Waals surface area contributed by atoms with Crippen LogP contribution in [0.15, 0.2) is 24.3 Å². The number of esters is 1. The number of nitrogens with zero attached hydrogens (tertiary/aromatic N) is 1. The summed E-state index contributed by atoms with van der Waals surface area (Å²) in [4.78, 5) is 24.3. The van der Waals surface area contributed by atoms with Crippen LogP contribution >= 0.6 is 0 Å². The van der Waals surface area contributed by atoms with E-state index in [1.165, 1.54) is 7.11 Å². The highest BCUT2D eigenvalue weighted by Gasteiger charge is 2.25. The van der Waals surface area contributed by atoms with Crippen LogP contribution in [0.5, 0.6) is 0 Å². The van der Waals surface area contributed by atoms with Crippen LogP contribution in [0.4, 0.5) is 5.69 Å². The van der Waals surface area contributed by atoms with Gasteiger partial charge in [-0.2, -0.15) is 0 Å². The van der Waals surface area contributed by atoms with E-state index in [4.69, 9.17) is 9.84 Å². The Kier molecular flexibility index (Phi) is 5.20. The minimum atomic E-state index is -0.774. The number of hydrogen-bond donors (Lipinski definition) is 1. The molecule has 0 radical (unpaired) electrons. The van der Waals surface area contributed by atoms with Crippen molar-refractivity contribution in [1.82, 2.24) is 0 Å². The van der Waals surface area contributed by atoms with Crippen molar-refractivity contribution in [3.63, 3.8) is 0 Å². The van der Waals surface area contributed by atoms with Crippen molar-refractivity contribution in [1.29, 1.82) is 0 Å². The van der Waals surface area contributed by atoms with Gasteiger partial charge in [0.15, 0.2) is 0 Å². The molecule has 5 nitrogen and oxygen atoms in total. The molecule has 0 amide bonds. The predicted molar refractivity (Wildman–Crippen MR) is 79.4 cm³/mol. The Hall–Kier alpha value is -2.04. The summed E-state index contributed by atoms with van der Waals surface area (Å²) in [6, 6.07) is 8.00. The summed E-state index contributed by atoms with van der Waals surface area (Å²) < 4.78 is 4.79. The summed E-state index contributed by atoms with van der Waals surface area (Å²) in [6.07, 6.45) is 2.34. The molecule has 0 aliphatic carbocycles. The van der Waals surface area contributed by atoms with E-state index in [0.29, 0.717) is 6.42 Å². The number of methoxy groups -OCH3 is 1. The first-order chi connectivity index (χ1) is 10.1. The minimum absolute atomic E-state index is 0.0149. The number of aliphatic carboxylic acids is 1. The lowest BCUT2D eigenvalue weighted by molar-refractivity contribution is -0.146. The van der Waals surface area contributed by atoms with Crippen molar-refractivity contribution >= 4 is 17.6 Å². The number of benzene rings is 1. The average Bonchev–Trinajstić information content (AvgIpc) is 2.53. The fraction of sp³-hybridized carbons (Fsp3) is 0.500. The van der Waals surface area contributed by atoms with Crippen LogP contribution in [-0.4, -0.2) is 37.2 Å². The number of carboxylic acids is 1. The molecule has 0 aromatic heterocycles. The summed E-state index contributed by atoms with van der Waals surface area (Å²) in [6.45, 7) is 1.68. The number of anilines is 1. The van der Waals surface area contributed by atoms with E-state index in [1.54, 1.807) is 0 Å². The Morgan fingerprint density at radius 3 is 2.38 bits per heavy atom. The fourth-order valence-electron chi connectivity index (χ4n) is 2.66. The van der Waals surface area contributed by atoms with Crippen LogP contribution < -0.4 is 4.90 Å². The Bertz CT molecular complexity index is 490. The minimum Gasteiger partial charge on any atom is -0.481 e. The zero-order valence-electron chi connectivity index (χ0n) is 12.2. The lowest BCUT2D eigenvalue weighted by Crippen LogP contribution is -2.36. The molecule has 0 spiro atoms. The third kappa shape index (κ3) is 4.21. The number of piperidine rings is 1. The van der Waals surface area contributed by atoms with Crippen LogP contribution in [0.25, 0.3) is 0 Å². The quantitative estimate of drug-likeness (QED) is 0.841. The van der Waals surface area contributed by atoms with Gasteiger partial charge < -0.3 is 14.7 Å². The molecule has 1 N–H and O–H groups in total. The second kappa shape index (κ2) is 7.11. The van der Waals surface area contributed by atoms with Crippen molar-refractivity contribution in [2.75, 3.05) is 25.1 Å². The van der Waals surface area contributed by atoms with E-state index in [-0.39, 0.29) is 18.3 Å². The first-order valence-electron chi connectivity index (χ1n) is 7.23. The largest absolute Gasteiger partial charge is 0.481 e. The lowest BCUT2D eigenvalue weighted by Gasteiger charge is -2.32. The van der Waals surface area contributed by atoms with Gasteiger partial charge in [-0.15, -0.1) is 0 Å². The molecule has 2 rings (SSSR count). The molecule has 0 unspecified atom stereocenters. The first kappa shape index (κ1) is 15.4. The highest BCUT2D eigenvalue weighted by Crippen LogP contribution is 2.24. The Morgan fingerprint density at radius 2 is 1.86 bits per heavy atom. The average molecular weight is 291 g/mol. The SMILES string of the molecule is COC(=O)C1CCN(c2ccc(CCC(=O)O)cc2)CC1. The van der Waals surface area contributed by atoms with Gasteiger partial charge in [-0.25, -0.2) is 0 Å². The second-order valence-corrected chi connectivity index (χ2v) is 5.34. The van der Waals surface area contributed by atoms with Gasteiger partial charge in [0, 0.05) is 25.2 Å². The van der Waals surface area contributed by atoms with E-state index in [2.05, 4.69) is 4.90 Å². The standard InChI is InChI=1S/C16H21NO4/c1-21-16(20)13-8-10-17(11-9-13)14-5-2-12(3-6-14)4-7-15(18)19/h2-3,5-6,13H,4,7-11H2,1H3,(H,18,19). The molecule has 1 aromatic carbocycles. The molecule has 114 valence electrons. The highest BCUT2D eigenvalue weighted by atomic mass is 16.5. The molecule has 0 atom stereocenters. The van der Waals surface area contributed by atoms with Gasteiger partial charge in [-0.3, -0.25) is 9.59 Å². The number of rotatable bonds is 5. The van der Waals surface area contributed by atoms with Gasteiger partial charge in [0.05, 0.1) is 13.0 Å². The van der Waals surface area contributed by atoms with Gasteiger partial charge in [0.25, 0.3) is 0 Å². The summed E-state index contributed by atoms with van der Waals surface area (Å²) in [5, 5.41) is 8.68. The molecule has 21 heavy (non-hydrogen) atoms. The molecule has 1 aromatic rings. The zero-order valence-corrected chi connectivity index (χ0v) is 12.2. The molecule has 1 fully saturated rings. The predicted octanol–water partition coefficient (Wildman–Crippen LogP) is 2.09. The summed E-state index contributed by atoms with van der Waals surface area (Å²) in [5.41, 5.74) is 2.16. The van der Waals surface area contributed by atoms with E-state index < -0.39 is 5.97 Å². The maximum Gasteiger partial charge on any atom is 0.308 e. The van der Waals surface area contributed by atoms with Crippen molar-refractivity contribution in [2.24, 2.45) is 5.92 Å². The Morgan fingerprint density at radius 1 is 1.24 bits per heavy atom. The van der Waals surface area contributed by atoms with Crippen molar-refractivity contribution < 1.29 is 19.4 Å². The summed E-state index contributed by atoms with van der Waals surface area (Å²) >= 11 is 0. The third-order valence-corrected chi connectivity index (χ3v) is 3.96. The number of hydrogen-bond acceptors (Lipinski definition) is 4. The first-order valence-corrected chi connectivity index (χ1v) is 7.23. The van der Waals surface area contributed by atoms with Crippen LogP contribution in [0.3, 0.4) is 0 Å². The molecule has 5 heteroatoms. The van der Waals surface area contributed by atoms with Crippen LogP contribution in [-0.2, 0) is 20.7 Å². The number of carbonyl (C=O) groups is 2. The number of ether oxygens (including phenoxy) is 1. The summed E-state index contributed by atoms with van der Waals surface area (Å²) in [7, 11) is 1.44. The number of carboxylic acid groups (broad SMARTS) is 1. The molecule has 1 saturated heterocycles. The van der Waals surface area contributed by atoms with Crippen molar-refractivity contribution in [3.05, 3.63) is 29.8 Å². The fourth-order valence-corrected chi connectivity index (χ4v) is 2.66. The van der Waals surface area contributed by atoms with Gasteiger partial charge in [-0.1, -0.05) is 12.1 Å². The monoisotopic (exact) mass is 291 g/mol. The van der Waals surface area contributed by atoms with Crippen molar-refractivity contribution in [3.8, 4) is 0 Å². The molecule has 0 saturated carbocycles.